The molecule has 1 heterocycles. The highest BCUT2D eigenvalue weighted by Crippen LogP contribution is 2.39. The molecule has 0 amide bonds. The first kappa shape index (κ1) is 21.0. The van der Waals surface area contributed by atoms with Crippen LogP contribution in [0.2, 0.25) is 0 Å². The average molecular weight is 414 g/mol. The number of ether oxygens (including phenoxy) is 6. The summed E-state index contributed by atoms with van der Waals surface area (Å²) in [5, 5.41) is 0. The number of carbonyl (C=O) groups excluding carboxylic acids is 2. The molecular weight excluding hydrogens is 392 g/mol. The Morgan fingerprint density at radius 3 is 2.27 bits per heavy atom. The molecule has 0 N–H and O–H groups in total. The second-order valence-corrected chi connectivity index (χ2v) is 6.33. The van der Waals surface area contributed by atoms with E-state index < -0.39 is 12.1 Å². The van der Waals surface area contributed by atoms with Crippen LogP contribution in [-0.2, 0) is 9.53 Å². The van der Waals surface area contributed by atoms with E-state index in [1.54, 1.807) is 43.3 Å². The lowest BCUT2D eigenvalue weighted by atomic mass is 10.1. The molecule has 0 saturated heterocycles. The molecule has 0 fully saturated rings. The SMILES string of the molecule is COC(=O)[C@@H](C)Oc1ccc2c(c1)OC(=Cc1cc(OC)c(OC)cc1OC)C2=O. The third-order valence-electron chi connectivity index (χ3n) is 4.51. The third-order valence-corrected chi connectivity index (χ3v) is 4.51. The first-order valence-electron chi connectivity index (χ1n) is 9.04. The van der Waals surface area contributed by atoms with E-state index in [1.807, 2.05) is 0 Å². The number of allylic oxidation sites excluding steroid dienone is 1. The Balaban J connectivity index is 1.91. The number of rotatable bonds is 7. The number of esters is 1. The molecule has 0 saturated carbocycles. The minimum Gasteiger partial charge on any atom is -0.496 e. The van der Waals surface area contributed by atoms with Gasteiger partial charge in [-0.05, 0) is 31.2 Å². The zero-order chi connectivity index (χ0) is 21.8. The number of fused-ring (bicyclic) bond motifs is 1. The number of hydrogen-bond donors (Lipinski definition) is 0. The van der Waals surface area contributed by atoms with Crippen LogP contribution in [0.15, 0.2) is 36.1 Å². The zero-order valence-electron chi connectivity index (χ0n) is 17.3. The molecule has 1 aliphatic rings. The van der Waals surface area contributed by atoms with E-state index in [9.17, 15) is 9.59 Å². The van der Waals surface area contributed by atoms with Crippen LogP contribution in [0, 0.1) is 0 Å². The van der Waals surface area contributed by atoms with Crippen molar-refractivity contribution >= 4 is 17.8 Å². The number of carbonyl (C=O) groups is 2. The third kappa shape index (κ3) is 4.03. The van der Waals surface area contributed by atoms with Crippen molar-refractivity contribution in [2.45, 2.75) is 13.0 Å². The summed E-state index contributed by atoms with van der Waals surface area (Å²) in [6.45, 7) is 1.57. The van der Waals surface area contributed by atoms with E-state index in [0.29, 0.717) is 39.9 Å². The number of benzene rings is 2. The van der Waals surface area contributed by atoms with Crippen molar-refractivity contribution in [3.05, 3.63) is 47.2 Å². The van der Waals surface area contributed by atoms with Crippen LogP contribution in [-0.4, -0.2) is 46.3 Å². The van der Waals surface area contributed by atoms with Crippen molar-refractivity contribution in [1.29, 1.82) is 0 Å². The average Bonchev–Trinajstić information content (AvgIpc) is 3.07. The molecule has 8 heteroatoms. The maximum Gasteiger partial charge on any atom is 0.346 e. The summed E-state index contributed by atoms with van der Waals surface area (Å²) in [4.78, 5) is 24.3. The Hall–Kier alpha value is -3.68. The lowest BCUT2D eigenvalue weighted by molar-refractivity contribution is -0.147. The van der Waals surface area contributed by atoms with Crippen LogP contribution in [0.1, 0.15) is 22.8 Å². The van der Waals surface area contributed by atoms with Crippen LogP contribution in [0.25, 0.3) is 6.08 Å². The Morgan fingerprint density at radius 2 is 1.63 bits per heavy atom. The van der Waals surface area contributed by atoms with Crippen molar-refractivity contribution in [3.63, 3.8) is 0 Å². The molecule has 158 valence electrons. The van der Waals surface area contributed by atoms with Gasteiger partial charge < -0.3 is 28.4 Å². The molecule has 1 atom stereocenters. The normalized spacial score (nSPS) is 14.6. The summed E-state index contributed by atoms with van der Waals surface area (Å²) in [5.74, 6) is 1.52. The zero-order valence-corrected chi connectivity index (χ0v) is 17.3. The monoisotopic (exact) mass is 414 g/mol. The molecule has 2 aromatic carbocycles. The van der Waals surface area contributed by atoms with Gasteiger partial charge in [-0.1, -0.05) is 0 Å². The molecule has 0 radical (unpaired) electrons. The summed E-state index contributed by atoms with van der Waals surface area (Å²) in [5.41, 5.74) is 0.973. The summed E-state index contributed by atoms with van der Waals surface area (Å²) in [6, 6.07) is 8.09. The first-order chi connectivity index (χ1) is 14.4. The van der Waals surface area contributed by atoms with Crippen LogP contribution >= 0.6 is 0 Å². The molecule has 0 unspecified atom stereocenters. The van der Waals surface area contributed by atoms with E-state index >= 15 is 0 Å². The van der Waals surface area contributed by atoms with E-state index in [2.05, 4.69) is 4.74 Å². The van der Waals surface area contributed by atoms with Gasteiger partial charge in [0, 0.05) is 17.7 Å². The maximum absolute atomic E-state index is 12.8. The van der Waals surface area contributed by atoms with Crippen molar-refractivity contribution in [3.8, 4) is 28.7 Å². The molecule has 0 aliphatic carbocycles. The highest BCUT2D eigenvalue weighted by molar-refractivity contribution is 6.14. The maximum atomic E-state index is 12.8. The lowest BCUT2D eigenvalue weighted by Gasteiger charge is -2.13. The van der Waals surface area contributed by atoms with Crippen LogP contribution in [0.3, 0.4) is 0 Å². The quantitative estimate of drug-likeness (QED) is 0.504. The van der Waals surface area contributed by atoms with Crippen molar-refractivity contribution in [2.24, 2.45) is 0 Å². The number of methoxy groups -OCH3 is 4. The summed E-state index contributed by atoms with van der Waals surface area (Å²) in [7, 11) is 5.84. The fourth-order valence-electron chi connectivity index (χ4n) is 2.97. The van der Waals surface area contributed by atoms with Crippen molar-refractivity contribution in [1.82, 2.24) is 0 Å². The Morgan fingerprint density at radius 1 is 0.967 bits per heavy atom. The van der Waals surface area contributed by atoms with Gasteiger partial charge in [-0.2, -0.15) is 0 Å². The molecule has 1 aliphatic heterocycles. The second kappa shape index (κ2) is 8.77. The van der Waals surface area contributed by atoms with Crippen LogP contribution in [0.4, 0.5) is 0 Å². The topological polar surface area (TPSA) is 89.5 Å². The fraction of sp³-hybridized carbons (Fsp3) is 0.273. The van der Waals surface area contributed by atoms with E-state index in [0.717, 1.165) is 0 Å². The van der Waals surface area contributed by atoms with Crippen molar-refractivity contribution in [2.75, 3.05) is 28.4 Å². The molecule has 0 spiro atoms. The minimum absolute atomic E-state index is 0.119. The number of ketones is 1. The van der Waals surface area contributed by atoms with Gasteiger partial charge in [0.25, 0.3) is 0 Å². The molecule has 2 aromatic rings. The smallest absolute Gasteiger partial charge is 0.346 e. The van der Waals surface area contributed by atoms with E-state index in [-0.39, 0.29) is 11.5 Å². The predicted molar refractivity (Wildman–Crippen MR) is 108 cm³/mol. The predicted octanol–water partition coefficient (Wildman–Crippen LogP) is 3.27. The second-order valence-electron chi connectivity index (χ2n) is 6.33. The molecule has 8 nitrogen and oxygen atoms in total. The molecule has 3 rings (SSSR count). The molecular formula is C22H22O8. The van der Waals surface area contributed by atoms with Gasteiger partial charge >= 0.3 is 5.97 Å². The Kier molecular flexibility index (Phi) is 6.15. The number of hydrogen-bond acceptors (Lipinski definition) is 8. The van der Waals surface area contributed by atoms with Gasteiger partial charge in [-0.3, -0.25) is 4.79 Å². The highest BCUT2D eigenvalue weighted by atomic mass is 16.6. The largest absolute Gasteiger partial charge is 0.496 e. The Labute approximate surface area is 173 Å². The minimum atomic E-state index is -0.795. The van der Waals surface area contributed by atoms with Gasteiger partial charge in [0.2, 0.25) is 5.78 Å². The highest BCUT2D eigenvalue weighted by Gasteiger charge is 2.29. The summed E-state index contributed by atoms with van der Waals surface area (Å²) in [6.07, 6.45) is 0.775. The lowest BCUT2D eigenvalue weighted by Crippen LogP contribution is -2.24. The first-order valence-corrected chi connectivity index (χ1v) is 9.04. The van der Waals surface area contributed by atoms with Gasteiger partial charge in [-0.15, -0.1) is 0 Å². The number of Topliss-reactive ketones (excluding diaryl/α,β-unsaturated/α-hetero) is 1. The van der Waals surface area contributed by atoms with E-state index in [4.69, 9.17) is 23.7 Å². The molecule has 0 bridgehead atoms. The summed E-state index contributed by atoms with van der Waals surface area (Å²) >= 11 is 0. The molecule has 30 heavy (non-hydrogen) atoms. The van der Waals surface area contributed by atoms with Crippen molar-refractivity contribution < 1.29 is 38.0 Å². The fourth-order valence-corrected chi connectivity index (χ4v) is 2.97. The molecule has 0 aromatic heterocycles. The van der Waals surface area contributed by atoms with Crippen LogP contribution < -0.4 is 23.7 Å². The standard InChI is InChI=1S/C22H22O8/c1-12(22(24)28-5)29-14-6-7-15-17(10-14)30-20(21(15)23)9-13-8-18(26-3)19(27-4)11-16(13)25-2/h6-12H,1-5H3/t12-/m1/s1. The Bertz CT molecular complexity index is 1010. The van der Waals surface area contributed by atoms with E-state index in [1.165, 1.54) is 28.4 Å². The van der Waals surface area contributed by atoms with Gasteiger partial charge in [-0.25, -0.2) is 4.79 Å². The summed E-state index contributed by atoms with van der Waals surface area (Å²) < 4.78 is 31.9. The van der Waals surface area contributed by atoms with Gasteiger partial charge in [0.15, 0.2) is 23.4 Å². The van der Waals surface area contributed by atoms with Gasteiger partial charge in [0.05, 0.1) is 34.0 Å². The van der Waals surface area contributed by atoms with Gasteiger partial charge in [0.1, 0.15) is 17.2 Å². The van der Waals surface area contributed by atoms with Crippen LogP contribution in [0.5, 0.6) is 28.7 Å².